The maximum Gasteiger partial charge on any atom is 0.314 e. The van der Waals surface area contributed by atoms with Crippen LogP contribution in [0.25, 0.3) is 0 Å². The molecule has 0 aromatic heterocycles. The fraction of sp³-hybridized carbons (Fsp3) is 0.750. The van der Waals surface area contributed by atoms with E-state index in [9.17, 15) is 14.4 Å². The van der Waals surface area contributed by atoms with Crippen molar-refractivity contribution >= 4 is 17.9 Å². The van der Waals surface area contributed by atoms with E-state index < -0.39 is 5.97 Å². The van der Waals surface area contributed by atoms with Gasteiger partial charge in [0.2, 0.25) is 5.91 Å². The number of urea groups is 1. The van der Waals surface area contributed by atoms with Gasteiger partial charge in [0, 0.05) is 32.0 Å². The van der Waals surface area contributed by atoms with Crippen molar-refractivity contribution in [3.63, 3.8) is 0 Å². The minimum absolute atomic E-state index is 0.0931. The van der Waals surface area contributed by atoms with Gasteiger partial charge in [-0.3, -0.25) is 9.59 Å². The van der Waals surface area contributed by atoms with Crippen LogP contribution in [-0.4, -0.2) is 42.1 Å². The van der Waals surface area contributed by atoms with Crippen LogP contribution in [0.1, 0.15) is 39.5 Å². The van der Waals surface area contributed by atoms with Gasteiger partial charge in [0.25, 0.3) is 0 Å². The van der Waals surface area contributed by atoms with Crippen LogP contribution in [0.15, 0.2) is 0 Å². The number of amides is 3. The number of carboxylic acid groups (broad SMARTS) is 1. The van der Waals surface area contributed by atoms with Gasteiger partial charge in [-0.15, -0.1) is 0 Å². The Kier molecular flexibility index (Phi) is 9.20. The standard InChI is InChI=1S/C12H23N3O4/c1-9(2)15-10(16)6-8-14-12(19)13-7-4-3-5-11(17)18/h9H,3-8H2,1-2H3,(H,15,16)(H,17,18)(H2,13,14,19). The maximum atomic E-state index is 11.3. The van der Waals surface area contributed by atoms with Gasteiger partial charge in [-0.05, 0) is 26.7 Å². The monoisotopic (exact) mass is 273 g/mol. The van der Waals surface area contributed by atoms with Gasteiger partial charge in [0.1, 0.15) is 0 Å². The Balaban J connectivity index is 3.44. The summed E-state index contributed by atoms with van der Waals surface area (Å²) in [6.07, 6.45) is 1.50. The summed E-state index contributed by atoms with van der Waals surface area (Å²) in [6.45, 7) is 4.45. The average molecular weight is 273 g/mol. The number of carboxylic acids is 1. The molecule has 0 radical (unpaired) electrons. The molecule has 0 spiro atoms. The van der Waals surface area contributed by atoms with Crippen LogP contribution in [-0.2, 0) is 9.59 Å². The molecule has 3 amide bonds. The fourth-order valence-corrected chi connectivity index (χ4v) is 1.35. The molecule has 7 heteroatoms. The molecule has 0 aliphatic rings. The van der Waals surface area contributed by atoms with Crippen LogP contribution in [0.4, 0.5) is 4.79 Å². The highest BCUT2D eigenvalue weighted by molar-refractivity contribution is 5.78. The van der Waals surface area contributed by atoms with Crippen LogP contribution < -0.4 is 16.0 Å². The molecule has 0 fully saturated rings. The lowest BCUT2D eigenvalue weighted by Gasteiger charge is -2.09. The molecule has 0 saturated heterocycles. The maximum absolute atomic E-state index is 11.3. The highest BCUT2D eigenvalue weighted by Crippen LogP contribution is 1.93. The topological polar surface area (TPSA) is 108 Å². The van der Waals surface area contributed by atoms with Gasteiger partial charge < -0.3 is 21.1 Å². The summed E-state index contributed by atoms with van der Waals surface area (Å²) in [5.74, 6) is -0.933. The Morgan fingerprint density at radius 3 is 2.21 bits per heavy atom. The molecule has 0 aromatic rings. The van der Waals surface area contributed by atoms with Crippen molar-refractivity contribution in [2.45, 2.75) is 45.6 Å². The molecule has 0 aliphatic heterocycles. The molecule has 110 valence electrons. The van der Waals surface area contributed by atoms with Crippen LogP contribution >= 0.6 is 0 Å². The first-order valence-electron chi connectivity index (χ1n) is 6.44. The predicted molar refractivity (Wildman–Crippen MR) is 70.8 cm³/mol. The van der Waals surface area contributed by atoms with Crippen molar-refractivity contribution in [2.75, 3.05) is 13.1 Å². The van der Waals surface area contributed by atoms with Crippen LogP contribution in [0.2, 0.25) is 0 Å². The van der Waals surface area contributed by atoms with E-state index in [0.29, 0.717) is 19.4 Å². The van der Waals surface area contributed by atoms with Crippen LogP contribution in [0, 0.1) is 0 Å². The third kappa shape index (κ3) is 12.5. The van der Waals surface area contributed by atoms with Gasteiger partial charge in [0.05, 0.1) is 0 Å². The molecule has 4 N–H and O–H groups in total. The first-order valence-corrected chi connectivity index (χ1v) is 6.44. The first-order chi connectivity index (χ1) is 8.91. The lowest BCUT2D eigenvalue weighted by atomic mass is 10.2. The van der Waals surface area contributed by atoms with E-state index in [-0.39, 0.29) is 37.4 Å². The minimum Gasteiger partial charge on any atom is -0.481 e. The summed E-state index contributed by atoms with van der Waals surface area (Å²) in [5.41, 5.74) is 0. The number of unbranched alkanes of at least 4 members (excludes halogenated alkanes) is 1. The second-order valence-corrected chi connectivity index (χ2v) is 4.51. The lowest BCUT2D eigenvalue weighted by Crippen LogP contribution is -2.39. The van der Waals surface area contributed by atoms with Gasteiger partial charge in [-0.25, -0.2) is 4.79 Å². The Morgan fingerprint density at radius 1 is 1.00 bits per heavy atom. The van der Waals surface area contributed by atoms with Crippen LogP contribution in [0.5, 0.6) is 0 Å². The van der Waals surface area contributed by atoms with E-state index in [1.54, 1.807) is 0 Å². The molecule has 0 atom stereocenters. The predicted octanol–water partition coefficient (Wildman–Crippen LogP) is 0.455. The second-order valence-electron chi connectivity index (χ2n) is 4.51. The van der Waals surface area contributed by atoms with E-state index in [1.165, 1.54) is 0 Å². The molecule has 0 rings (SSSR count). The van der Waals surface area contributed by atoms with E-state index in [2.05, 4.69) is 16.0 Å². The molecule has 0 aromatic carbocycles. The number of carbonyl (C=O) groups is 3. The van der Waals surface area contributed by atoms with Crippen molar-refractivity contribution < 1.29 is 19.5 Å². The summed E-state index contributed by atoms with van der Waals surface area (Å²) >= 11 is 0. The third-order valence-corrected chi connectivity index (χ3v) is 2.19. The number of nitrogens with one attached hydrogen (secondary N) is 3. The minimum atomic E-state index is -0.833. The second kappa shape index (κ2) is 10.2. The Hall–Kier alpha value is -1.79. The quantitative estimate of drug-likeness (QED) is 0.458. The van der Waals surface area contributed by atoms with Crippen molar-refractivity contribution in [2.24, 2.45) is 0 Å². The summed E-state index contributed by atoms with van der Waals surface area (Å²) in [5, 5.41) is 16.3. The summed E-state index contributed by atoms with van der Waals surface area (Å²) in [4.78, 5) is 32.8. The van der Waals surface area contributed by atoms with Gasteiger partial charge in [-0.2, -0.15) is 0 Å². The molecule has 19 heavy (non-hydrogen) atoms. The van der Waals surface area contributed by atoms with Crippen molar-refractivity contribution in [1.29, 1.82) is 0 Å². The molecular formula is C12H23N3O4. The Labute approximate surface area is 113 Å². The number of aliphatic carboxylic acids is 1. The zero-order valence-corrected chi connectivity index (χ0v) is 11.5. The van der Waals surface area contributed by atoms with E-state index >= 15 is 0 Å². The first kappa shape index (κ1) is 17.2. The Bertz CT molecular complexity index is 305. The highest BCUT2D eigenvalue weighted by Gasteiger charge is 2.04. The molecule has 0 heterocycles. The number of carbonyl (C=O) groups excluding carboxylic acids is 2. The normalized spacial score (nSPS) is 10.1. The van der Waals surface area contributed by atoms with Gasteiger partial charge in [0.15, 0.2) is 0 Å². The summed E-state index contributed by atoms with van der Waals surface area (Å²) in [7, 11) is 0. The van der Waals surface area contributed by atoms with Crippen molar-refractivity contribution in [1.82, 2.24) is 16.0 Å². The zero-order chi connectivity index (χ0) is 14.7. The van der Waals surface area contributed by atoms with E-state index in [4.69, 9.17) is 5.11 Å². The molecule has 7 nitrogen and oxygen atoms in total. The number of hydrogen-bond acceptors (Lipinski definition) is 3. The third-order valence-electron chi connectivity index (χ3n) is 2.19. The molecule has 0 unspecified atom stereocenters. The van der Waals surface area contributed by atoms with E-state index in [1.807, 2.05) is 13.8 Å². The SMILES string of the molecule is CC(C)NC(=O)CCNC(=O)NCCCCC(=O)O. The Morgan fingerprint density at radius 2 is 1.63 bits per heavy atom. The summed E-state index contributed by atoms with van der Waals surface area (Å²) < 4.78 is 0. The highest BCUT2D eigenvalue weighted by atomic mass is 16.4. The smallest absolute Gasteiger partial charge is 0.314 e. The van der Waals surface area contributed by atoms with Crippen LogP contribution in [0.3, 0.4) is 0 Å². The lowest BCUT2D eigenvalue weighted by molar-refractivity contribution is -0.137. The largest absolute Gasteiger partial charge is 0.481 e. The fourth-order valence-electron chi connectivity index (χ4n) is 1.35. The molecule has 0 bridgehead atoms. The van der Waals surface area contributed by atoms with Gasteiger partial charge >= 0.3 is 12.0 Å². The van der Waals surface area contributed by atoms with Crippen molar-refractivity contribution in [3.05, 3.63) is 0 Å². The molecular weight excluding hydrogens is 250 g/mol. The van der Waals surface area contributed by atoms with Crippen molar-refractivity contribution in [3.8, 4) is 0 Å². The molecule has 0 saturated carbocycles. The zero-order valence-electron chi connectivity index (χ0n) is 11.5. The average Bonchev–Trinajstić information content (AvgIpc) is 2.27. The number of rotatable bonds is 9. The van der Waals surface area contributed by atoms with E-state index in [0.717, 1.165) is 0 Å². The molecule has 0 aliphatic carbocycles. The summed E-state index contributed by atoms with van der Waals surface area (Å²) in [6, 6.07) is -0.247. The number of hydrogen-bond donors (Lipinski definition) is 4. The van der Waals surface area contributed by atoms with Gasteiger partial charge in [-0.1, -0.05) is 0 Å².